The maximum absolute atomic E-state index is 12.0. The van der Waals surface area contributed by atoms with Gasteiger partial charge in [0, 0.05) is 11.8 Å². The van der Waals surface area contributed by atoms with E-state index >= 15 is 0 Å². The minimum atomic E-state index is -0.443. The summed E-state index contributed by atoms with van der Waals surface area (Å²) in [5.41, 5.74) is 7.23. The Morgan fingerprint density at radius 1 is 1.00 bits per heavy atom. The molecule has 0 radical (unpaired) electrons. The van der Waals surface area contributed by atoms with Crippen LogP contribution in [0.2, 0.25) is 0 Å². The van der Waals surface area contributed by atoms with Crippen molar-refractivity contribution >= 4 is 17.9 Å². The second-order valence-electron chi connectivity index (χ2n) is 6.44. The lowest BCUT2D eigenvalue weighted by Crippen LogP contribution is -2.42. The van der Waals surface area contributed by atoms with Crippen molar-refractivity contribution in [1.29, 1.82) is 0 Å². The molecule has 0 bridgehead atoms. The van der Waals surface area contributed by atoms with Gasteiger partial charge in [-0.2, -0.15) is 5.10 Å². The summed E-state index contributed by atoms with van der Waals surface area (Å²) in [6, 6.07) is 18.7. The molecule has 0 fully saturated rings. The molecule has 0 unspecified atom stereocenters. The Morgan fingerprint density at radius 2 is 1.76 bits per heavy atom. The molecule has 29 heavy (non-hydrogen) atoms. The number of nitrogens with one attached hydrogen (secondary N) is 2. The third-order valence-corrected chi connectivity index (χ3v) is 3.99. The molecule has 7 heteroatoms. The van der Waals surface area contributed by atoms with Crippen LogP contribution in [-0.2, 0) is 16.1 Å². The normalized spacial score (nSPS) is 10.7. The molecule has 0 atom stereocenters. The molecule has 3 aromatic rings. The van der Waals surface area contributed by atoms with Gasteiger partial charge >= 0.3 is 0 Å². The zero-order valence-electron chi connectivity index (χ0n) is 16.3. The minimum absolute atomic E-state index is 0.0303. The third kappa shape index (κ3) is 6.07. The number of hydrazine groups is 1. The fraction of sp³-hybridized carbons (Fsp3) is 0.136. The topological polar surface area (TPSA) is 85.2 Å². The quantitative estimate of drug-likeness (QED) is 0.500. The van der Waals surface area contributed by atoms with Crippen LogP contribution < -0.4 is 15.6 Å². The highest BCUT2D eigenvalue weighted by molar-refractivity contribution is 5.93. The molecule has 0 aliphatic heterocycles. The molecule has 3 rings (SSSR count). The molecule has 0 spiro atoms. The summed E-state index contributed by atoms with van der Waals surface area (Å²) >= 11 is 0. The highest BCUT2D eigenvalue weighted by Crippen LogP contribution is 2.22. The van der Waals surface area contributed by atoms with Gasteiger partial charge < -0.3 is 4.74 Å². The largest absolute Gasteiger partial charge is 0.457 e. The number of carbonyl (C=O) groups is 2. The second-order valence-corrected chi connectivity index (χ2v) is 6.44. The molecule has 0 saturated heterocycles. The number of hydrogen-bond acceptors (Lipinski definition) is 4. The van der Waals surface area contributed by atoms with Gasteiger partial charge in [-0.1, -0.05) is 30.3 Å². The molecule has 1 heterocycles. The van der Waals surface area contributed by atoms with Crippen molar-refractivity contribution < 1.29 is 14.3 Å². The van der Waals surface area contributed by atoms with Crippen LogP contribution in [0.4, 0.5) is 0 Å². The molecule has 2 N–H and O–H groups in total. The van der Waals surface area contributed by atoms with E-state index in [1.165, 1.54) is 6.08 Å². The first kappa shape index (κ1) is 19.9. The Balaban J connectivity index is 1.50. The van der Waals surface area contributed by atoms with Crippen LogP contribution in [0, 0.1) is 13.8 Å². The van der Waals surface area contributed by atoms with E-state index < -0.39 is 5.91 Å². The fourth-order valence-electron chi connectivity index (χ4n) is 2.66. The van der Waals surface area contributed by atoms with Crippen molar-refractivity contribution in [2.75, 3.05) is 0 Å². The van der Waals surface area contributed by atoms with E-state index in [9.17, 15) is 9.59 Å². The summed E-state index contributed by atoms with van der Waals surface area (Å²) in [5, 5.41) is 4.21. The number of aryl methyl sites for hydroxylation is 2. The number of hydrogen-bond donors (Lipinski definition) is 2. The van der Waals surface area contributed by atoms with E-state index in [2.05, 4.69) is 16.0 Å². The Morgan fingerprint density at radius 3 is 2.48 bits per heavy atom. The van der Waals surface area contributed by atoms with E-state index in [4.69, 9.17) is 4.74 Å². The number of rotatable bonds is 6. The zero-order valence-corrected chi connectivity index (χ0v) is 16.3. The fourth-order valence-corrected chi connectivity index (χ4v) is 2.66. The lowest BCUT2D eigenvalue weighted by Gasteiger charge is -2.07. The number of ether oxygens (including phenoxy) is 1. The van der Waals surface area contributed by atoms with Gasteiger partial charge in [0.15, 0.2) is 0 Å². The van der Waals surface area contributed by atoms with Crippen LogP contribution >= 0.6 is 0 Å². The smallest absolute Gasteiger partial charge is 0.262 e. The predicted octanol–water partition coefficient (Wildman–Crippen LogP) is 3.15. The molecular formula is C22H22N4O3. The van der Waals surface area contributed by atoms with Crippen molar-refractivity contribution in [3.05, 3.63) is 83.7 Å². The monoisotopic (exact) mass is 390 g/mol. The van der Waals surface area contributed by atoms with E-state index in [-0.39, 0.29) is 12.5 Å². The first-order valence-corrected chi connectivity index (χ1v) is 9.10. The van der Waals surface area contributed by atoms with E-state index in [0.717, 1.165) is 22.7 Å². The Labute approximate surface area is 169 Å². The van der Waals surface area contributed by atoms with Gasteiger partial charge in [0.2, 0.25) is 0 Å². The zero-order chi connectivity index (χ0) is 20.6. The standard InChI is InChI=1S/C22H22N4O3/c1-16-13-17(2)26(25-16)15-22(28)24-23-21(27)12-11-18-7-6-10-20(14-18)29-19-8-4-3-5-9-19/h3-14H,15H2,1-2H3,(H,23,27)(H,24,28)/b12-11+. The lowest BCUT2D eigenvalue weighted by atomic mass is 10.2. The van der Waals surface area contributed by atoms with E-state index in [1.54, 1.807) is 10.8 Å². The van der Waals surface area contributed by atoms with Gasteiger partial charge in [0.25, 0.3) is 11.8 Å². The van der Waals surface area contributed by atoms with Crippen LogP contribution in [0.25, 0.3) is 6.08 Å². The Hall–Kier alpha value is -3.87. The Kier molecular flexibility index (Phi) is 6.42. The Bertz CT molecular complexity index is 1030. The number of amides is 2. The van der Waals surface area contributed by atoms with Crippen molar-refractivity contribution in [2.45, 2.75) is 20.4 Å². The highest BCUT2D eigenvalue weighted by Gasteiger charge is 2.07. The molecule has 7 nitrogen and oxygen atoms in total. The molecule has 2 amide bonds. The third-order valence-electron chi connectivity index (χ3n) is 3.99. The number of benzene rings is 2. The van der Waals surface area contributed by atoms with Crippen molar-refractivity contribution in [2.24, 2.45) is 0 Å². The summed E-state index contributed by atoms with van der Waals surface area (Å²) in [7, 11) is 0. The summed E-state index contributed by atoms with van der Waals surface area (Å²) in [6.45, 7) is 3.75. The average Bonchev–Trinajstić information content (AvgIpc) is 3.02. The van der Waals surface area contributed by atoms with E-state index in [0.29, 0.717) is 5.75 Å². The van der Waals surface area contributed by atoms with Gasteiger partial charge in [-0.05, 0) is 55.8 Å². The highest BCUT2D eigenvalue weighted by atomic mass is 16.5. The van der Waals surface area contributed by atoms with Gasteiger partial charge in [-0.15, -0.1) is 0 Å². The molecule has 0 aliphatic rings. The summed E-state index contributed by atoms with van der Waals surface area (Å²) < 4.78 is 7.35. The lowest BCUT2D eigenvalue weighted by molar-refractivity contribution is -0.127. The number of carbonyl (C=O) groups excluding carboxylic acids is 2. The predicted molar refractivity (Wildman–Crippen MR) is 110 cm³/mol. The second kappa shape index (κ2) is 9.36. The van der Waals surface area contributed by atoms with Crippen LogP contribution in [0.1, 0.15) is 17.0 Å². The molecule has 0 saturated carbocycles. The number of para-hydroxylation sites is 1. The summed E-state index contributed by atoms with van der Waals surface area (Å²) in [5.74, 6) is 0.589. The van der Waals surface area contributed by atoms with Crippen molar-refractivity contribution in [1.82, 2.24) is 20.6 Å². The minimum Gasteiger partial charge on any atom is -0.457 e. The first-order chi connectivity index (χ1) is 14.0. The summed E-state index contributed by atoms with van der Waals surface area (Å²) in [6.07, 6.45) is 2.98. The molecule has 2 aromatic carbocycles. The molecule has 0 aliphatic carbocycles. The van der Waals surface area contributed by atoms with Gasteiger partial charge in [-0.25, -0.2) is 0 Å². The van der Waals surface area contributed by atoms with Gasteiger partial charge in [0.05, 0.1) is 5.69 Å². The van der Waals surface area contributed by atoms with Crippen molar-refractivity contribution in [3.8, 4) is 11.5 Å². The van der Waals surface area contributed by atoms with Crippen LogP contribution in [-0.4, -0.2) is 21.6 Å². The average molecular weight is 390 g/mol. The van der Waals surface area contributed by atoms with E-state index in [1.807, 2.05) is 74.5 Å². The maximum atomic E-state index is 12.0. The maximum Gasteiger partial charge on any atom is 0.262 e. The number of aromatic nitrogens is 2. The molecule has 1 aromatic heterocycles. The van der Waals surface area contributed by atoms with Crippen LogP contribution in [0.15, 0.2) is 66.7 Å². The SMILES string of the molecule is Cc1cc(C)n(CC(=O)NNC(=O)/C=C/c2cccc(Oc3ccccc3)c2)n1. The van der Waals surface area contributed by atoms with Gasteiger partial charge in [0.1, 0.15) is 18.0 Å². The summed E-state index contributed by atoms with van der Waals surface area (Å²) in [4.78, 5) is 23.9. The molecule has 148 valence electrons. The molecular weight excluding hydrogens is 368 g/mol. The van der Waals surface area contributed by atoms with Crippen molar-refractivity contribution in [3.63, 3.8) is 0 Å². The number of nitrogens with zero attached hydrogens (tertiary/aromatic N) is 2. The van der Waals surface area contributed by atoms with Gasteiger partial charge in [-0.3, -0.25) is 25.1 Å². The van der Waals surface area contributed by atoms with Crippen LogP contribution in [0.5, 0.6) is 11.5 Å². The first-order valence-electron chi connectivity index (χ1n) is 9.10. The van der Waals surface area contributed by atoms with Crippen LogP contribution in [0.3, 0.4) is 0 Å².